The first kappa shape index (κ1) is 12.3. The fourth-order valence-electron chi connectivity index (χ4n) is 1.43. The molecule has 2 aromatic rings. The summed E-state index contributed by atoms with van der Waals surface area (Å²) in [7, 11) is 1.78. The first-order valence-corrected chi connectivity index (χ1v) is 6.74. The summed E-state index contributed by atoms with van der Waals surface area (Å²) in [6, 6.07) is 7.57. The van der Waals surface area contributed by atoms with Crippen LogP contribution in [0.5, 0.6) is 0 Å². The third-order valence-electron chi connectivity index (χ3n) is 2.28. The van der Waals surface area contributed by atoms with Crippen molar-refractivity contribution in [2.24, 2.45) is 0 Å². The lowest BCUT2D eigenvalue weighted by molar-refractivity contribution is 0.0787. The van der Waals surface area contributed by atoms with Gasteiger partial charge in [0.25, 0.3) is 5.91 Å². The molecule has 0 spiro atoms. The number of halogens is 1. The maximum atomic E-state index is 12.1. The van der Waals surface area contributed by atoms with Crippen LogP contribution in [0.1, 0.15) is 15.4 Å². The molecule has 0 radical (unpaired) electrons. The van der Waals surface area contributed by atoms with Crippen molar-refractivity contribution in [3.63, 3.8) is 0 Å². The Balaban J connectivity index is 2.09. The van der Waals surface area contributed by atoms with Gasteiger partial charge in [0.1, 0.15) is 4.88 Å². The van der Waals surface area contributed by atoms with Gasteiger partial charge in [0.2, 0.25) is 0 Å². The lowest BCUT2D eigenvalue weighted by atomic mass is 10.3. The summed E-state index contributed by atoms with van der Waals surface area (Å²) in [5, 5.41) is 1.89. The van der Waals surface area contributed by atoms with Crippen molar-refractivity contribution in [3.05, 3.63) is 50.9 Å². The van der Waals surface area contributed by atoms with Gasteiger partial charge in [-0.2, -0.15) is 0 Å². The lowest BCUT2D eigenvalue weighted by Gasteiger charge is -2.15. The van der Waals surface area contributed by atoms with Gasteiger partial charge in [-0.15, -0.1) is 11.3 Å². The maximum Gasteiger partial charge on any atom is 0.265 e. The Morgan fingerprint density at radius 3 is 2.88 bits per heavy atom. The highest BCUT2D eigenvalue weighted by Crippen LogP contribution is 2.24. The summed E-state index contributed by atoms with van der Waals surface area (Å²) in [6.07, 6.45) is 1.73. The fraction of sp³-hybridized carbons (Fsp3) is 0.167. The standard InChI is InChI=1S/C12H11BrN2OS/c1-15(8-9-4-2-3-6-14-9)12(16)11-10(13)5-7-17-11/h2-7H,8H2,1H3. The number of hydrogen-bond donors (Lipinski definition) is 0. The molecule has 1 amide bonds. The summed E-state index contributed by atoms with van der Waals surface area (Å²) in [6.45, 7) is 0.518. The minimum atomic E-state index is 0.0116. The number of carbonyl (C=O) groups is 1. The second kappa shape index (κ2) is 5.42. The molecule has 0 aromatic carbocycles. The molecule has 0 fully saturated rings. The third kappa shape index (κ3) is 2.92. The molecule has 0 bridgehead atoms. The number of carbonyl (C=O) groups excluding carboxylic acids is 1. The lowest BCUT2D eigenvalue weighted by Crippen LogP contribution is -2.26. The maximum absolute atomic E-state index is 12.1. The van der Waals surface area contributed by atoms with Gasteiger partial charge in [0.15, 0.2) is 0 Å². The highest BCUT2D eigenvalue weighted by atomic mass is 79.9. The molecule has 88 valence electrons. The molecule has 0 N–H and O–H groups in total. The normalized spacial score (nSPS) is 10.2. The van der Waals surface area contributed by atoms with Crippen LogP contribution in [0.15, 0.2) is 40.3 Å². The van der Waals surface area contributed by atoms with Crippen LogP contribution >= 0.6 is 27.3 Å². The molecule has 0 saturated carbocycles. The summed E-state index contributed by atoms with van der Waals surface area (Å²) < 4.78 is 0.848. The zero-order valence-electron chi connectivity index (χ0n) is 9.26. The molecule has 2 aromatic heterocycles. The molecular weight excluding hydrogens is 300 g/mol. The van der Waals surface area contributed by atoms with Gasteiger partial charge in [-0.1, -0.05) is 6.07 Å². The molecule has 0 unspecified atom stereocenters. The minimum Gasteiger partial charge on any atom is -0.335 e. The SMILES string of the molecule is CN(Cc1ccccn1)C(=O)c1sccc1Br. The van der Waals surface area contributed by atoms with E-state index >= 15 is 0 Å². The van der Waals surface area contributed by atoms with Crippen LogP contribution in [0.4, 0.5) is 0 Å². The van der Waals surface area contributed by atoms with Crippen molar-refractivity contribution >= 4 is 33.2 Å². The van der Waals surface area contributed by atoms with Gasteiger partial charge < -0.3 is 4.90 Å². The topological polar surface area (TPSA) is 33.2 Å². The van der Waals surface area contributed by atoms with Gasteiger partial charge in [-0.3, -0.25) is 9.78 Å². The zero-order chi connectivity index (χ0) is 12.3. The van der Waals surface area contributed by atoms with Crippen LogP contribution in [-0.2, 0) is 6.54 Å². The van der Waals surface area contributed by atoms with E-state index in [1.165, 1.54) is 11.3 Å². The highest BCUT2D eigenvalue weighted by Gasteiger charge is 2.16. The molecule has 2 heterocycles. The Hall–Kier alpha value is -1.20. The fourth-order valence-corrected chi connectivity index (χ4v) is 2.96. The summed E-state index contributed by atoms with van der Waals surface area (Å²) in [5.41, 5.74) is 0.885. The quantitative estimate of drug-likeness (QED) is 0.872. The molecule has 0 aliphatic heterocycles. The Bertz CT molecular complexity index is 512. The number of pyridine rings is 1. The van der Waals surface area contributed by atoms with Gasteiger partial charge in [0, 0.05) is 17.7 Å². The summed E-state index contributed by atoms with van der Waals surface area (Å²) >= 11 is 4.81. The van der Waals surface area contributed by atoms with Crippen molar-refractivity contribution in [1.29, 1.82) is 0 Å². The van der Waals surface area contributed by atoms with Gasteiger partial charge >= 0.3 is 0 Å². The average Bonchev–Trinajstić information content (AvgIpc) is 2.76. The molecule has 3 nitrogen and oxygen atoms in total. The van der Waals surface area contributed by atoms with E-state index in [2.05, 4.69) is 20.9 Å². The summed E-state index contributed by atoms with van der Waals surface area (Å²) in [4.78, 5) is 18.7. The van der Waals surface area contributed by atoms with Crippen LogP contribution in [0.2, 0.25) is 0 Å². The smallest absolute Gasteiger partial charge is 0.265 e. The molecule has 0 aliphatic carbocycles. The Morgan fingerprint density at radius 2 is 2.29 bits per heavy atom. The van der Waals surface area contributed by atoms with E-state index in [1.54, 1.807) is 18.1 Å². The highest BCUT2D eigenvalue weighted by molar-refractivity contribution is 9.10. The first-order chi connectivity index (χ1) is 8.18. The van der Waals surface area contributed by atoms with Gasteiger partial charge in [0.05, 0.1) is 12.2 Å². The van der Waals surface area contributed by atoms with E-state index in [0.717, 1.165) is 15.0 Å². The number of amides is 1. The third-order valence-corrected chi connectivity index (χ3v) is 4.11. The molecule has 17 heavy (non-hydrogen) atoms. The molecule has 0 aliphatic rings. The van der Waals surface area contributed by atoms with Crippen molar-refractivity contribution in [3.8, 4) is 0 Å². The van der Waals surface area contributed by atoms with Gasteiger partial charge in [-0.05, 0) is 39.5 Å². The van der Waals surface area contributed by atoms with Crippen molar-refractivity contribution in [2.45, 2.75) is 6.54 Å². The van der Waals surface area contributed by atoms with Crippen LogP contribution in [0, 0.1) is 0 Å². The van der Waals surface area contributed by atoms with E-state index < -0.39 is 0 Å². The van der Waals surface area contributed by atoms with Crippen molar-refractivity contribution in [2.75, 3.05) is 7.05 Å². The van der Waals surface area contributed by atoms with E-state index in [0.29, 0.717) is 6.54 Å². The van der Waals surface area contributed by atoms with Crippen LogP contribution in [0.25, 0.3) is 0 Å². The Morgan fingerprint density at radius 1 is 1.47 bits per heavy atom. The Labute approximate surface area is 112 Å². The molecule has 5 heteroatoms. The minimum absolute atomic E-state index is 0.0116. The predicted octanol–water partition coefficient (Wildman–Crippen LogP) is 3.18. The van der Waals surface area contributed by atoms with Crippen LogP contribution in [0.3, 0.4) is 0 Å². The number of thiophene rings is 1. The molecule has 2 rings (SSSR count). The summed E-state index contributed by atoms with van der Waals surface area (Å²) in [5.74, 6) is 0.0116. The second-order valence-corrected chi connectivity index (χ2v) is 5.35. The predicted molar refractivity (Wildman–Crippen MR) is 72.1 cm³/mol. The zero-order valence-corrected chi connectivity index (χ0v) is 11.7. The molecule has 0 saturated heterocycles. The van der Waals surface area contributed by atoms with Crippen LogP contribution < -0.4 is 0 Å². The van der Waals surface area contributed by atoms with E-state index in [1.807, 2.05) is 29.6 Å². The van der Waals surface area contributed by atoms with E-state index in [9.17, 15) is 4.79 Å². The number of nitrogens with zero attached hydrogens (tertiary/aromatic N) is 2. The number of rotatable bonds is 3. The largest absolute Gasteiger partial charge is 0.335 e. The molecule has 0 atom stereocenters. The van der Waals surface area contributed by atoms with E-state index in [-0.39, 0.29) is 5.91 Å². The first-order valence-electron chi connectivity index (χ1n) is 5.07. The monoisotopic (exact) mass is 310 g/mol. The second-order valence-electron chi connectivity index (χ2n) is 3.58. The average molecular weight is 311 g/mol. The molecular formula is C12H11BrN2OS. The van der Waals surface area contributed by atoms with Crippen LogP contribution in [-0.4, -0.2) is 22.8 Å². The van der Waals surface area contributed by atoms with Crippen molar-refractivity contribution in [1.82, 2.24) is 9.88 Å². The Kier molecular flexibility index (Phi) is 3.91. The number of hydrogen-bond acceptors (Lipinski definition) is 3. The number of aromatic nitrogens is 1. The van der Waals surface area contributed by atoms with Gasteiger partial charge in [-0.25, -0.2) is 0 Å². The van der Waals surface area contributed by atoms with Crippen molar-refractivity contribution < 1.29 is 4.79 Å². The van der Waals surface area contributed by atoms with E-state index in [4.69, 9.17) is 0 Å².